The van der Waals surface area contributed by atoms with E-state index in [0.717, 1.165) is 25.8 Å². The highest BCUT2D eigenvalue weighted by atomic mass is 16.5. The third kappa shape index (κ3) is 3.35. The molecule has 1 saturated heterocycles. The normalized spacial score (nSPS) is 19.2. The van der Waals surface area contributed by atoms with Crippen LogP contribution in [0.25, 0.3) is 0 Å². The molecule has 1 unspecified atom stereocenters. The molecule has 2 heterocycles. The van der Waals surface area contributed by atoms with Crippen molar-refractivity contribution in [1.82, 2.24) is 15.0 Å². The second kappa shape index (κ2) is 6.73. The zero-order valence-corrected chi connectivity index (χ0v) is 12.9. The molecule has 116 valence electrons. The zero-order valence-electron chi connectivity index (χ0n) is 12.9. The van der Waals surface area contributed by atoms with Crippen molar-refractivity contribution in [3.05, 3.63) is 47.6 Å². The van der Waals surface area contributed by atoms with Crippen molar-refractivity contribution in [2.24, 2.45) is 0 Å². The van der Waals surface area contributed by atoms with E-state index in [1.54, 1.807) is 0 Å². The van der Waals surface area contributed by atoms with Gasteiger partial charge in [0.25, 0.3) is 0 Å². The first-order chi connectivity index (χ1) is 10.8. The van der Waals surface area contributed by atoms with Gasteiger partial charge in [0.2, 0.25) is 11.8 Å². The Balaban J connectivity index is 1.65. The van der Waals surface area contributed by atoms with Gasteiger partial charge in [0.1, 0.15) is 0 Å². The molecule has 5 heteroatoms. The van der Waals surface area contributed by atoms with Gasteiger partial charge in [0.05, 0.1) is 6.54 Å². The Kier molecular flexibility index (Phi) is 4.51. The molecular formula is C17H21N3O2. The summed E-state index contributed by atoms with van der Waals surface area (Å²) in [7, 11) is 0. The molecule has 0 bridgehead atoms. The maximum absolute atomic E-state index is 12.3. The average molecular weight is 299 g/mol. The summed E-state index contributed by atoms with van der Waals surface area (Å²) in [6, 6.07) is 10.4. The van der Waals surface area contributed by atoms with E-state index >= 15 is 0 Å². The summed E-state index contributed by atoms with van der Waals surface area (Å²) < 4.78 is 5.11. The van der Waals surface area contributed by atoms with Crippen LogP contribution in [0, 0.1) is 0 Å². The number of rotatable bonds is 4. The van der Waals surface area contributed by atoms with Crippen molar-refractivity contribution in [2.45, 2.75) is 45.1 Å². The molecule has 22 heavy (non-hydrogen) atoms. The molecule has 0 spiro atoms. The maximum Gasteiger partial charge on any atom is 0.226 e. The lowest BCUT2D eigenvalue weighted by molar-refractivity contribution is -0.131. The molecule has 1 fully saturated rings. The summed E-state index contributed by atoms with van der Waals surface area (Å²) in [5.41, 5.74) is 1.32. The summed E-state index contributed by atoms with van der Waals surface area (Å²) in [5, 5.41) is 3.94. The van der Waals surface area contributed by atoms with E-state index in [1.807, 2.05) is 17.9 Å². The van der Waals surface area contributed by atoms with Gasteiger partial charge in [0.15, 0.2) is 5.82 Å². The molecule has 1 aliphatic rings. The lowest BCUT2D eigenvalue weighted by atomic mass is 9.92. The van der Waals surface area contributed by atoms with Gasteiger partial charge in [-0.05, 0) is 24.3 Å². The van der Waals surface area contributed by atoms with Gasteiger partial charge in [0, 0.05) is 19.4 Å². The van der Waals surface area contributed by atoms with E-state index in [2.05, 4.69) is 34.4 Å². The van der Waals surface area contributed by atoms with Crippen molar-refractivity contribution in [2.75, 3.05) is 6.54 Å². The van der Waals surface area contributed by atoms with Crippen molar-refractivity contribution >= 4 is 5.91 Å². The molecule has 1 aromatic heterocycles. The Morgan fingerprint density at radius 3 is 2.82 bits per heavy atom. The standard InChI is InChI=1S/C17H21N3O2/c1-2-16-18-15(19-22-16)12-20-11-10-14(8-9-17(20)21)13-6-4-3-5-7-13/h3-7,14H,2,8-12H2,1H3. The molecule has 2 aromatic rings. The van der Waals surface area contributed by atoms with Gasteiger partial charge in [-0.1, -0.05) is 42.4 Å². The van der Waals surface area contributed by atoms with E-state index in [1.165, 1.54) is 5.56 Å². The number of nitrogens with zero attached hydrogens (tertiary/aromatic N) is 3. The molecule has 1 aliphatic heterocycles. The van der Waals surface area contributed by atoms with Gasteiger partial charge in [-0.3, -0.25) is 4.79 Å². The van der Waals surface area contributed by atoms with Crippen LogP contribution in [0.15, 0.2) is 34.9 Å². The Morgan fingerprint density at radius 1 is 1.27 bits per heavy atom. The minimum Gasteiger partial charge on any atom is -0.339 e. The lowest BCUT2D eigenvalue weighted by Gasteiger charge is -2.19. The molecule has 1 atom stereocenters. The molecule has 0 radical (unpaired) electrons. The third-order valence-electron chi connectivity index (χ3n) is 4.22. The van der Waals surface area contributed by atoms with Crippen LogP contribution >= 0.6 is 0 Å². The first-order valence-electron chi connectivity index (χ1n) is 7.90. The van der Waals surface area contributed by atoms with Gasteiger partial charge < -0.3 is 9.42 Å². The first-order valence-corrected chi connectivity index (χ1v) is 7.90. The van der Waals surface area contributed by atoms with Gasteiger partial charge in [-0.2, -0.15) is 4.98 Å². The fourth-order valence-corrected chi connectivity index (χ4v) is 2.93. The number of likely N-dealkylation sites (tertiary alicyclic amines) is 1. The Bertz CT molecular complexity index is 624. The fraction of sp³-hybridized carbons (Fsp3) is 0.471. The first kappa shape index (κ1) is 14.8. The number of amides is 1. The fourth-order valence-electron chi connectivity index (χ4n) is 2.93. The molecule has 3 rings (SSSR count). The molecule has 0 aliphatic carbocycles. The predicted octanol–water partition coefficient (Wildman–Crippen LogP) is 2.93. The Hall–Kier alpha value is -2.17. The van der Waals surface area contributed by atoms with Gasteiger partial charge >= 0.3 is 0 Å². The number of carbonyl (C=O) groups excluding carboxylic acids is 1. The molecule has 5 nitrogen and oxygen atoms in total. The number of benzene rings is 1. The average Bonchev–Trinajstić information content (AvgIpc) is 2.94. The lowest BCUT2D eigenvalue weighted by Crippen LogP contribution is -2.30. The molecule has 0 N–H and O–H groups in total. The second-order valence-electron chi connectivity index (χ2n) is 5.71. The second-order valence-corrected chi connectivity index (χ2v) is 5.71. The summed E-state index contributed by atoms with van der Waals surface area (Å²) in [5.74, 6) is 1.86. The van der Waals surface area contributed by atoms with Crippen molar-refractivity contribution in [1.29, 1.82) is 0 Å². The number of hydrogen-bond acceptors (Lipinski definition) is 4. The zero-order chi connectivity index (χ0) is 15.4. The van der Waals surface area contributed by atoms with E-state index in [0.29, 0.717) is 30.6 Å². The molecular weight excluding hydrogens is 278 g/mol. The van der Waals surface area contributed by atoms with Crippen LogP contribution in [0.1, 0.15) is 49.4 Å². The smallest absolute Gasteiger partial charge is 0.226 e. The predicted molar refractivity (Wildman–Crippen MR) is 82.1 cm³/mol. The number of aryl methyl sites for hydroxylation is 1. The van der Waals surface area contributed by atoms with Gasteiger partial charge in [-0.25, -0.2) is 0 Å². The van der Waals surface area contributed by atoms with E-state index in [9.17, 15) is 4.79 Å². The quantitative estimate of drug-likeness (QED) is 0.871. The highest BCUT2D eigenvalue weighted by Gasteiger charge is 2.24. The number of aromatic nitrogens is 2. The van der Waals surface area contributed by atoms with Crippen LogP contribution in [0.5, 0.6) is 0 Å². The highest BCUT2D eigenvalue weighted by molar-refractivity contribution is 5.76. The van der Waals surface area contributed by atoms with Crippen LogP contribution < -0.4 is 0 Å². The topological polar surface area (TPSA) is 59.2 Å². The van der Waals surface area contributed by atoms with Crippen molar-refractivity contribution in [3.63, 3.8) is 0 Å². The summed E-state index contributed by atoms with van der Waals surface area (Å²) >= 11 is 0. The number of carbonyl (C=O) groups is 1. The Morgan fingerprint density at radius 2 is 2.09 bits per heavy atom. The molecule has 1 amide bonds. The molecule has 1 aromatic carbocycles. The van der Waals surface area contributed by atoms with Crippen LogP contribution in [-0.2, 0) is 17.8 Å². The minimum atomic E-state index is 0.182. The summed E-state index contributed by atoms with van der Waals surface area (Å²) in [6.07, 6.45) is 3.19. The van der Waals surface area contributed by atoms with E-state index < -0.39 is 0 Å². The monoisotopic (exact) mass is 299 g/mol. The maximum atomic E-state index is 12.3. The summed E-state index contributed by atoms with van der Waals surface area (Å²) in [6.45, 7) is 3.16. The van der Waals surface area contributed by atoms with Crippen molar-refractivity contribution in [3.8, 4) is 0 Å². The van der Waals surface area contributed by atoms with E-state index in [4.69, 9.17) is 4.52 Å². The Labute approximate surface area is 130 Å². The SMILES string of the molecule is CCc1nc(CN2CCC(c3ccccc3)CCC2=O)no1. The van der Waals surface area contributed by atoms with Crippen LogP contribution in [0.4, 0.5) is 0 Å². The van der Waals surface area contributed by atoms with Crippen LogP contribution in [-0.4, -0.2) is 27.5 Å². The largest absolute Gasteiger partial charge is 0.339 e. The van der Waals surface area contributed by atoms with Gasteiger partial charge in [-0.15, -0.1) is 0 Å². The third-order valence-corrected chi connectivity index (χ3v) is 4.22. The van der Waals surface area contributed by atoms with E-state index in [-0.39, 0.29) is 5.91 Å². The van der Waals surface area contributed by atoms with Crippen LogP contribution in [0.2, 0.25) is 0 Å². The van der Waals surface area contributed by atoms with Crippen LogP contribution in [0.3, 0.4) is 0 Å². The summed E-state index contributed by atoms with van der Waals surface area (Å²) in [4.78, 5) is 18.5. The number of hydrogen-bond donors (Lipinski definition) is 0. The minimum absolute atomic E-state index is 0.182. The van der Waals surface area contributed by atoms with Crippen molar-refractivity contribution < 1.29 is 9.32 Å². The highest BCUT2D eigenvalue weighted by Crippen LogP contribution is 2.28. The molecule has 0 saturated carbocycles.